The van der Waals surface area contributed by atoms with Crippen molar-refractivity contribution < 1.29 is 0 Å². The summed E-state index contributed by atoms with van der Waals surface area (Å²) in [4.78, 5) is 0. The van der Waals surface area contributed by atoms with Gasteiger partial charge in [0.05, 0.1) is 4.75 Å². The maximum atomic E-state index is 2.32. The first-order valence-electron chi connectivity index (χ1n) is 8.60. The zero-order chi connectivity index (χ0) is 16.7. The summed E-state index contributed by atoms with van der Waals surface area (Å²) in [6.45, 7) is 6.78. The number of hydrogen-bond acceptors (Lipinski definition) is 1. The van der Waals surface area contributed by atoms with Gasteiger partial charge in [0.1, 0.15) is 0 Å². The van der Waals surface area contributed by atoms with E-state index in [0.717, 1.165) is 5.75 Å². The maximum Gasteiger partial charge on any atom is 0.0923 e. The van der Waals surface area contributed by atoms with E-state index in [1.165, 1.54) is 38.9 Å². The van der Waals surface area contributed by atoms with E-state index < -0.39 is 0 Å². The van der Waals surface area contributed by atoms with Crippen molar-refractivity contribution in [2.45, 2.75) is 25.5 Å². The highest BCUT2D eigenvalue weighted by Gasteiger charge is 2.45. The molecule has 0 N–H and O–H groups in total. The van der Waals surface area contributed by atoms with E-state index in [1.807, 2.05) is 0 Å². The van der Waals surface area contributed by atoms with Crippen LogP contribution in [0.1, 0.15) is 34.7 Å². The van der Waals surface area contributed by atoms with Gasteiger partial charge < -0.3 is 0 Å². The summed E-state index contributed by atoms with van der Waals surface area (Å²) >= 11 is 2.05. The summed E-state index contributed by atoms with van der Waals surface area (Å²) in [5.74, 6) is 1.08. The Morgan fingerprint density at radius 1 is 0.708 bits per heavy atom. The predicted octanol–water partition coefficient (Wildman–Crippen LogP) is 6.33. The van der Waals surface area contributed by atoms with Crippen LogP contribution in [0.15, 0.2) is 66.7 Å². The van der Waals surface area contributed by atoms with Crippen LogP contribution >= 0.6 is 11.8 Å². The first-order valence-corrected chi connectivity index (χ1v) is 9.58. The van der Waals surface area contributed by atoms with Crippen LogP contribution < -0.4 is 0 Å². The highest BCUT2D eigenvalue weighted by atomic mass is 32.2. The molecular weight excluding hydrogens is 308 g/mol. The molecule has 24 heavy (non-hydrogen) atoms. The Labute approximate surface area is 148 Å². The van der Waals surface area contributed by atoms with E-state index in [4.69, 9.17) is 0 Å². The van der Waals surface area contributed by atoms with Crippen LogP contribution in [-0.4, -0.2) is 5.75 Å². The Morgan fingerprint density at radius 2 is 1.21 bits per heavy atom. The van der Waals surface area contributed by atoms with Gasteiger partial charge in [-0.3, -0.25) is 0 Å². The molecule has 0 heterocycles. The minimum absolute atomic E-state index is 0.0998. The molecule has 120 valence electrons. The van der Waals surface area contributed by atoms with Gasteiger partial charge >= 0.3 is 0 Å². The Morgan fingerprint density at radius 3 is 1.71 bits per heavy atom. The van der Waals surface area contributed by atoms with Gasteiger partial charge in [-0.15, -0.1) is 11.8 Å². The Balaban J connectivity index is 2.16. The molecule has 0 radical (unpaired) electrons. The van der Waals surface area contributed by atoms with Crippen LogP contribution in [0.25, 0.3) is 11.1 Å². The average Bonchev–Trinajstić information content (AvgIpc) is 2.87. The molecule has 0 unspecified atom stereocenters. The van der Waals surface area contributed by atoms with Gasteiger partial charge in [-0.2, -0.15) is 0 Å². The van der Waals surface area contributed by atoms with Gasteiger partial charge in [-0.25, -0.2) is 0 Å². The highest BCUT2D eigenvalue weighted by Crippen LogP contribution is 2.59. The van der Waals surface area contributed by atoms with Crippen molar-refractivity contribution in [3.8, 4) is 11.1 Å². The molecule has 3 aromatic carbocycles. The fraction of sp³-hybridized carbons (Fsp3) is 0.217. The zero-order valence-corrected chi connectivity index (χ0v) is 15.3. The topological polar surface area (TPSA) is 0 Å². The van der Waals surface area contributed by atoms with Crippen LogP contribution in [0.5, 0.6) is 0 Å². The van der Waals surface area contributed by atoms with Crippen molar-refractivity contribution in [1.29, 1.82) is 0 Å². The fourth-order valence-corrected chi connectivity index (χ4v) is 5.84. The van der Waals surface area contributed by atoms with Crippen molar-refractivity contribution in [2.24, 2.45) is 0 Å². The first kappa shape index (κ1) is 15.5. The number of thioether (sulfide) groups is 1. The van der Waals surface area contributed by atoms with Gasteiger partial charge in [0.15, 0.2) is 0 Å². The second-order valence-electron chi connectivity index (χ2n) is 6.47. The molecular formula is C23H22S. The second-order valence-corrected chi connectivity index (χ2v) is 7.95. The summed E-state index contributed by atoms with van der Waals surface area (Å²) in [7, 11) is 0. The fourth-order valence-electron chi connectivity index (χ4n) is 4.28. The number of fused-ring (bicyclic) bond motifs is 3. The van der Waals surface area contributed by atoms with Gasteiger partial charge in [-0.05, 0) is 58.5 Å². The molecule has 3 aromatic rings. The third-order valence-electron chi connectivity index (χ3n) is 5.10. The van der Waals surface area contributed by atoms with E-state index >= 15 is 0 Å². The lowest BCUT2D eigenvalue weighted by Crippen LogP contribution is -2.25. The van der Waals surface area contributed by atoms with E-state index in [9.17, 15) is 0 Å². The quantitative estimate of drug-likeness (QED) is 0.541. The van der Waals surface area contributed by atoms with Crippen molar-refractivity contribution >= 4 is 11.8 Å². The van der Waals surface area contributed by atoms with Crippen molar-refractivity contribution in [1.82, 2.24) is 0 Å². The number of benzene rings is 3. The molecule has 0 aromatic heterocycles. The molecule has 1 heteroatoms. The molecule has 4 rings (SSSR count). The van der Waals surface area contributed by atoms with Gasteiger partial charge in [-0.1, -0.05) is 73.7 Å². The lowest BCUT2D eigenvalue weighted by atomic mass is 9.83. The molecule has 0 spiro atoms. The first-order chi connectivity index (χ1) is 11.7. The van der Waals surface area contributed by atoms with E-state index in [2.05, 4.69) is 99.3 Å². The van der Waals surface area contributed by atoms with Crippen molar-refractivity contribution in [3.63, 3.8) is 0 Å². The maximum absolute atomic E-state index is 2.32. The zero-order valence-electron chi connectivity index (χ0n) is 14.5. The van der Waals surface area contributed by atoms with Crippen molar-refractivity contribution in [3.05, 3.63) is 94.5 Å². The minimum atomic E-state index is -0.0998. The predicted molar refractivity (Wildman–Crippen MR) is 106 cm³/mol. The van der Waals surface area contributed by atoms with Crippen LogP contribution in [0.4, 0.5) is 0 Å². The van der Waals surface area contributed by atoms with E-state index in [0.29, 0.717) is 0 Å². The molecule has 0 saturated heterocycles. The third kappa shape index (κ3) is 2.01. The van der Waals surface area contributed by atoms with Crippen LogP contribution in [-0.2, 0) is 4.75 Å². The lowest BCUT2D eigenvalue weighted by molar-refractivity contribution is 0.900. The molecule has 1 aliphatic carbocycles. The van der Waals surface area contributed by atoms with Crippen LogP contribution in [0, 0.1) is 13.8 Å². The van der Waals surface area contributed by atoms with E-state index in [1.54, 1.807) is 0 Å². The molecule has 0 atom stereocenters. The Bertz CT molecular complexity index is 842. The van der Waals surface area contributed by atoms with Gasteiger partial charge in [0.25, 0.3) is 0 Å². The molecule has 0 nitrogen and oxygen atoms in total. The van der Waals surface area contributed by atoms with Crippen LogP contribution in [0.3, 0.4) is 0 Å². The summed E-state index contributed by atoms with van der Waals surface area (Å²) < 4.78 is -0.0998. The van der Waals surface area contributed by atoms with E-state index in [-0.39, 0.29) is 4.75 Å². The largest absolute Gasteiger partial charge is 0.141 e. The average molecular weight is 330 g/mol. The third-order valence-corrected chi connectivity index (χ3v) is 6.46. The molecule has 0 saturated carbocycles. The molecule has 0 bridgehead atoms. The monoisotopic (exact) mass is 330 g/mol. The number of aryl methyl sites for hydroxylation is 2. The normalized spacial score (nSPS) is 14.3. The lowest BCUT2D eigenvalue weighted by Gasteiger charge is -2.34. The summed E-state index contributed by atoms with van der Waals surface area (Å²) in [5, 5.41) is 0. The Kier molecular flexibility index (Phi) is 3.77. The molecule has 0 fully saturated rings. The second kappa shape index (κ2) is 5.82. The van der Waals surface area contributed by atoms with Gasteiger partial charge in [0, 0.05) is 0 Å². The number of hydrogen-bond donors (Lipinski definition) is 0. The van der Waals surface area contributed by atoms with Crippen LogP contribution in [0.2, 0.25) is 0 Å². The molecule has 0 amide bonds. The summed E-state index contributed by atoms with van der Waals surface area (Å²) in [6, 6.07) is 24.6. The molecule has 1 aliphatic rings. The minimum Gasteiger partial charge on any atom is -0.141 e. The SMILES string of the molecule is CCSC1(c2c(C)cccc2C)c2ccccc2-c2ccccc21. The van der Waals surface area contributed by atoms with Gasteiger partial charge in [0.2, 0.25) is 0 Å². The summed E-state index contributed by atoms with van der Waals surface area (Å²) in [6.07, 6.45) is 0. The smallest absolute Gasteiger partial charge is 0.0923 e. The van der Waals surface area contributed by atoms with Crippen molar-refractivity contribution in [2.75, 3.05) is 5.75 Å². The highest BCUT2D eigenvalue weighted by molar-refractivity contribution is 8.00. The Hall–Kier alpha value is -1.99. The summed E-state index contributed by atoms with van der Waals surface area (Å²) in [5.41, 5.74) is 9.87. The standard InChI is InChI=1S/C23H22S/c1-4-24-23(22-16(2)10-9-11-17(22)3)20-14-7-5-12-18(20)19-13-6-8-15-21(19)23/h5-15H,4H2,1-3H3. The molecule has 0 aliphatic heterocycles. The number of rotatable bonds is 3.